The molecule has 2 heterocycles. The Morgan fingerprint density at radius 2 is 1.83 bits per heavy atom. The quantitative estimate of drug-likeness (QED) is 0.721. The Kier molecular flexibility index (Phi) is 5.05. The first-order chi connectivity index (χ1) is 10.8. The SMILES string of the molecule is CN1CC2(CCN(S(=O)(=O)N(C)C)CC2)C[C@@H]1COCC1CC1. The number of rotatable bonds is 6. The molecule has 1 saturated carbocycles. The standard InChI is InChI=1S/C16H31N3O3S/c1-17(2)23(20,21)19-8-6-16(7-9-19)10-15(18(3)13-16)12-22-11-14-4-5-14/h14-15H,4-13H2,1-3H3/t15-/m1/s1. The normalized spacial score (nSPS) is 29.7. The van der Waals surface area contributed by atoms with E-state index in [0.717, 1.165) is 44.9 Å². The van der Waals surface area contributed by atoms with E-state index >= 15 is 0 Å². The Hall–Kier alpha value is -0.210. The molecule has 134 valence electrons. The highest BCUT2D eigenvalue weighted by Crippen LogP contribution is 2.43. The smallest absolute Gasteiger partial charge is 0.281 e. The van der Waals surface area contributed by atoms with E-state index in [2.05, 4.69) is 11.9 Å². The van der Waals surface area contributed by atoms with E-state index < -0.39 is 10.2 Å². The number of ether oxygens (including phenoxy) is 1. The Bertz CT molecular complexity index is 511. The Morgan fingerprint density at radius 3 is 2.39 bits per heavy atom. The number of likely N-dealkylation sites (tertiary alicyclic amines) is 1. The summed E-state index contributed by atoms with van der Waals surface area (Å²) in [5.74, 6) is 0.815. The van der Waals surface area contributed by atoms with Gasteiger partial charge in [0, 0.05) is 46.4 Å². The number of hydrogen-bond donors (Lipinski definition) is 0. The van der Waals surface area contributed by atoms with Crippen molar-refractivity contribution in [1.82, 2.24) is 13.5 Å². The maximum Gasteiger partial charge on any atom is 0.281 e. The van der Waals surface area contributed by atoms with E-state index in [0.29, 0.717) is 19.1 Å². The second-order valence-corrected chi connectivity index (χ2v) is 10.1. The van der Waals surface area contributed by atoms with Crippen molar-refractivity contribution >= 4 is 10.2 Å². The molecule has 0 N–H and O–H groups in total. The Balaban J connectivity index is 1.51. The lowest BCUT2D eigenvalue weighted by molar-refractivity contribution is 0.0784. The fourth-order valence-electron chi connectivity index (χ4n) is 4.00. The first kappa shape index (κ1) is 17.6. The van der Waals surface area contributed by atoms with Crippen molar-refractivity contribution in [3.05, 3.63) is 0 Å². The third-order valence-electron chi connectivity index (χ3n) is 5.81. The summed E-state index contributed by atoms with van der Waals surface area (Å²) < 4.78 is 33.4. The van der Waals surface area contributed by atoms with E-state index in [1.807, 2.05) is 0 Å². The van der Waals surface area contributed by atoms with Crippen LogP contribution in [0, 0.1) is 11.3 Å². The summed E-state index contributed by atoms with van der Waals surface area (Å²) in [6.45, 7) is 4.11. The fraction of sp³-hybridized carbons (Fsp3) is 1.00. The van der Waals surface area contributed by atoms with Gasteiger partial charge in [-0.05, 0) is 50.5 Å². The summed E-state index contributed by atoms with van der Waals surface area (Å²) in [6.07, 6.45) is 5.73. The molecule has 1 aliphatic carbocycles. The minimum absolute atomic E-state index is 0.278. The van der Waals surface area contributed by atoms with Crippen LogP contribution in [0.5, 0.6) is 0 Å². The molecule has 0 aromatic rings. The van der Waals surface area contributed by atoms with Crippen molar-refractivity contribution in [2.24, 2.45) is 11.3 Å². The van der Waals surface area contributed by atoms with Crippen molar-refractivity contribution in [1.29, 1.82) is 0 Å². The molecule has 6 nitrogen and oxygen atoms in total. The highest BCUT2D eigenvalue weighted by molar-refractivity contribution is 7.86. The molecule has 1 atom stereocenters. The van der Waals surface area contributed by atoms with Gasteiger partial charge in [-0.1, -0.05) is 0 Å². The van der Waals surface area contributed by atoms with Crippen LogP contribution in [-0.4, -0.2) is 82.0 Å². The average Bonchev–Trinajstić information content (AvgIpc) is 3.25. The second kappa shape index (κ2) is 6.59. The molecule has 0 aromatic carbocycles. The molecular weight excluding hydrogens is 314 g/mol. The molecule has 1 spiro atoms. The summed E-state index contributed by atoms with van der Waals surface area (Å²) in [5, 5.41) is 0. The number of nitrogens with zero attached hydrogens (tertiary/aromatic N) is 3. The largest absolute Gasteiger partial charge is 0.380 e. The zero-order valence-corrected chi connectivity index (χ0v) is 15.5. The summed E-state index contributed by atoms with van der Waals surface area (Å²) in [7, 11) is 2.14. The predicted octanol–water partition coefficient (Wildman–Crippen LogP) is 1.01. The van der Waals surface area contributed by atoms with Crippen molar-refractivity contribution in [2.75, 3.05) is 54.0 Å². The minimum Gasteiger partial charge on any atom is -0.380 e. The van der Waals surface area contributed by atoms with E-state index in [1.54, 1.807) is 18.4 Å². The Morgan fingerprint density at radius 1 is 1.17 bits per heavy atom. The molecule has 0 bridgehead atoms. The van der Waals surface area contributed by atoms with Crippen LogP contribution < -0.4 is 0 Å². The molecule has 0 unspecified atom stereocenters. The van der Waals surface area contributed by atoms with E-state index in [-0.39, 0.29) is 5.41 Å². The minimum atomic E-state index is -3.26. The van der Waals surface area contributed by atoms with Crippen molar-refractivity contribution in [2.45, 2.75) is 38.1 Å². The maximum atomic E-state index is 12.2. The molecule has 7 heteroatoms. The highest BCUT2D eigenvalue weighted by atomic mass is 32.2. The van der Waals surface area contributed by atoms with Crippen molar-refractivity contribution < 1.29 is 13.2 Å². The molecule has 2 saturated heterocycles. The summed E-state index contributed by atoms with van der Waals surface area (Å²) in [6, 6.07) is 0.491. The third kappa shape index (κ3) is 3.90. The van der Waals surface area contributed by atoms with Crippen molar-refractivity contribution in [3.8, 4) is 0 Å². The molecule has 3 aliphatic rings. The first-order valence-electron chi connectivity index (χ1n) is 8.78. The summed E-state index contributed by atoms with van der Waals surface area (Å²) >= 11 is 0. The van der Waals surface area contributed by atoms with Crippen LogP contribution >= 0.6 is 0 Å². The zero-order valence-electron chi connectivity index (χ0n) is 14.7. The van der Waals surface area contributed by atoms with Gasteiger partial charge in [-0.25, -0.2) is 0 Å². The van der Waals surface area contributed by atoms with E-state index in [1.165, 1.54) is 17.1 Å². The second-order valence-electron chi connectivity index (χ2n) is 7.94. The van der Waals surface area contributed by atoms with Crippen LogP contribution in [0.4, 0.5) is 0 Å². The summed E-state index contributed by atoms with van der Waals surface area (Å²) in [4.78, 5) is 2.42. The van der Waals surface area contributed by atoms with Crippen LogP contribution in [0.2, 0.25) is 0 Å². The molecule has 0 amide bonds. The van der Waals surface area contributed by atoms with E-state index in [9.17, 15) is 8.42 Å². The topological polar surface area (TPSA) is 53.1 Å². The molecule has 2 aliphatic heterocycles. The predicted molar refractivity (Wildman–Crippen MR) is 90.4 cm³/mol. The van der Waals surface area contributed by atoms with Gasteiger partial charge in [0.2, 0.25) is 0 Å². The molecule has 3 fully saturated rings. The van der Waals surface area contributed by atoms with Gasteiger partial charge in [0.15, 0.2) is 0 Å². The van der Waals surface area contributed by atoms with Crippen LogP contribution in [0.25, 0.3) is 0 Å². The molecular formula is C16H31N3O3S. The van der Waals surface area contributed by atoms with Crippen LogP contribution in [0.1, 0.15) is 32.1 Å². The summed E-state index contributed by atoms with van der Waals surface area (Å²) in [5.41, 5.74) is 0.278. The third-order valence-corrected chi connectivity index (χ3v) is 7.75. The van der Waals surface area contributed by atoms with E-state index in [4.69, 9.17) is 4.74 Å². The van der Waals surface area contributed by atoms with Gasteiger partial charge in [-0.2, -0.15) is 17.0 Å². The van der Waals surface area contributed by atoms with Crippen LogP contribution in [0.15, 0.2) is 0 Å². The molecule has 0 aromatic heterocycles. The van der Waals surface area contributed by atoms with Gasteiger partial charge in [-0.15, -0.1) is 0 Å². The average molecular weight is 346 g/mol. The molecule has 0 radical (unpaired) electrons. The van der Waals surface area contributed by atoms with Gasteiger partial charge in [0.05, 0.1) is 6.61 Å². The monoisotopic (exact) mass is 345 g/mol. The molecule has 23 heavy (non-hydrogen) atoms. The van der Waals surface area contributed by atoms with Crippen LogP contribution in [-0.2, 0) is 14.9 Å². The maximum absolute atomic E-state index is 12.2. The van der Waals surface area contributed by atoms with Gasteiger partial charge in [-0.3, -0.25) is 0 Å². The number of likely N-dealkylation sites (N-methyl/N-ethyl adjacent to an activating group) is 1. The molecule has 3 rings (SSSR count). The van der Waals surface area contributed by atoms with Gasteiger partial charge in [0.1, 0.15) is 0 Å². The Labute approximate surface area is 140 Å². The first-order valence-corrected chi connectivity index (χ1v) is 10.2. The number of piperidine rings is 1. The zero-order chi connectivity index (χ0) is 16.7. The lowest BCUT2D eigenvalue weighted by Gasteiger charge is -2.39. The lowest BCUT2D eigenvalue weighted by Crippen LogP contribution is -2.47. The number of hydrogen-bond acceptors (Lipinski definition) is 4. The van der Waals surface area contributed by atoms with Gasteiger partial charge >= 0.3 is 0 Å². The van der Waals surface area contributed by atoms with Crippen LogP contribution in [0.3, 0.4) is 0 Å². The highest BCUT2D eigenvalue weighted by Gasteiger charge is 2.46. The fourth-order valence-corrected chi connectivity index (χ4v) is 5.11. The van der Waals surface area contributed by atoms with Crippen molar-refractivity contribution in [3.63, 3.8) is 0 Å². The van der Waals surface area contributed by atoms with Gasteiger partial charge < -0.3 is 9.64 Å². The van der Waals surface area contributed by atoms with Gasteiger partial charge in [0.25, 0.3) is 10.2 Å². The lowest BCUT2D eigenvalue weighted by atomic mass is 9.77.